The number of primary amides is 1. The van der Waals surface area contributed by atoms with Crippen LogP contribution < -0.4 is 16.4 Å². The molecule has 3 rings (SSSR count). The molecule has 3 amide bonds. The van der Waals surface area contributed by atoms with Gasteiger partial charge >= 0.3 is 0 Å². The van der Waals surface area contributed by atoms with Crippen LogP contribution in [0.4, 0.5) is 20.2 Å². The molecule has 2 aromatic carbocycles. The summed E-state index contributed by atoms with van der Waals surface area (Å²) in [5.74, 6) is -3.28. The molecule has 2 aromatic rings. The third kappa shape index (κ3) is 4.11. The van der Waals surface area contributed by atoms with Crippen LogP contribution >= 0.6 is 0 Å². The topological polar surface area (TPSA) is 101 Å². The molecular weight excluding hydrogens is 356 g/mol. The van der Waals surface area contributed by atoms with Crippen LogP contribution in [0, 0.1) is 23.5 Å². The van der Waals surface area contributed by atoms with Gasteiger partial charge < -0.3 is 16.4 Å². The molecule has 2 atom stereocenters. The number of rotatable bonds is 5. The number of carbonyl (C=O) groups excluding carboxylic acids is 3. The van der Waals surface area contributed by atoms with Gasteiger partial charge in [0.1, 0.15) is 11.6 Å². The van der Waals surface area contributed by atoms with Gasteiger partial charge in [-0.05, 0) is 48.7 Å². The molecule has 1 fully saturated rings. The van der Waals surface area contributed by atoms with Gasteiger partial charge in [-0.2, -0.15) is 0 Å². The van der Waals surface area contributed by atoms with E-state index in [0.29, 0.717) is 0 Å². The number of anilines is 2. The fourth-order valence-electron chi connectivity index (χ4n) is 2.72. The van der Waals surface area contributed by atoms with Crippen LogP contribution in [0.1, 0.15) is 34.1 Å². The highest BCUT2D eigenvalue weighted by Crippen LogP contribution is 2.38. The van der Waals surface area contributed by atoms with Gasteiger partial charge in [-0.15, -0.1) is 0 Å². The maximum atomic E-state index is 13.6. The molecule has 0 spiro atoms. The smallest absolute Gasteiger partial charge is 0.257 e. The third-order valence-electron chi connectivity index (χ3n) is 4.42. The van der Waals surface area contributed by atoms with E-state index in [-0.39, 0.29) is 40.2 Å². The summed E-state index contributed by atoms with van der Waals surface area (Å²) < 4.78 is 27.2. The summed E-state index contributed by atoms with van der Waals surface area (Å²) in [7, 11) is 0. The second-order valence-electron chi connectivity index (χ2n) is 6.51. The molecule has 0 unspecified atom stereocenters. The summed E-state index contributed by atoms with van der Waals surface area (Å²) in [6.07, 6.45) is 0.764. The van der Waals surface area contributed by atoms with Gasteiger partial charge in [0.25, 0.3) is 11.8 Å². The summed E-state index contributed by atoms with van der Waals surface area (Å²) in [6.45, 7) is 1.94. The minimum absolute atomic E-state index is 0.0957. The highest BCUT2D eigenvalue weighted by atomic mass is 19.1. The van der Waals surface area contributed by atoms with Crippen LogP contribution in [0.25, 0.3) is 0 Å². The van der Waals surface area contributed by atoms with E-state index in [0.717, 1.165) is 30.7 Å². The molecular formula is C19H17F2N3O3. The molecule has 140 valence electrons. The fraction of sp³-hybridized carbons (Fsp3) is 0.211. The lowest BCUT2D eigenvalue weighted by Gasteiger charge is -2.12. The maximum absolute atomic E-state index is 13.6. The molecule has 1 aliphatic rings. The van der Waals surface area contributed by atoms with Crippen LogP contribution in [-0.4, -0.2) is 17.7 Å². The Hall–Kier alpha value is -3.29. The summed E-state index contributed by atoms with van der Waals surface area (Å²) in [6, 6.07) is 6.72. The van der Waals surface area contributed by atoms with Gasteiger partial charge in [-0.1, -0.05) is 6.92 Å². The number of hydrogen-bond donors (Lipinski definition) is 3. The van der Waals surface area contributed by atoms with Crippen molar-refractivity contribution in [3.05, 3.63) is 59.2 Å². The molecule has 1 saturated carbocycles. The molecule has 8 heteroatoms. The quantitative estimate of drug-likeness (QED) is 0.751. The zero-order chi connectivity index (χ0) is 19.7. The number of hydrogen-bond acceptors (Lipinski definition) is 3. The van der Waals surface area contributed by atoms with Gasteiger partial charge in [0.05, 0.1) is 16.8 Å². The van der Waals surface area contributed by atoms with Crippen molar-refractivity contribution in [1.29, 1.82) is 0 Å². The van der Waals surface area contributed by atoms with Crippen LogP contribution in [-0.2, 0) is 4.79 Å². The van der Waals surface area contributed by atoms with Crippen LogP contribution in [0.3, 0.4) is 0 Å². The van der Waals surface area contributed by atoms with Crippen molar-refractivity contribution in [3.63, 3.8) is 0 Å². The van der Waals surface area contributed by atoms with E-state index < -0.39 is 23.4 Å². The van der Waals surface area contributed by atoms with Crippen molar-refractivity contribution in [1.82, 2.24) is 0 Å². The van der Waals surface area contributed by atoms with Gasteiger partial charge in [0, 0.05) is 11.6 Å². The number of amides is 3. The average Bonchev–Trinajstić information content (AvgIpc) is 3.34. The van der Waals surface area contributed by atoms with Crippen LogP contribution in [0.15, 0.2) is 36.4 Å². The molecule has 0 saturated heterocycles. The van der Waals surface area contributed by atoms with E-state index in [4.69, 9.17) is 5.73 Å². The predicted molar refractivity (Wildman–Crippen MR) is 95.2 cm³/mol. The first-order chi connectivity index (χ1) is 12.8. The SMILES string of the molecule is C[C@@H]1C[C@H]1C(=O)Nc1ccc(F)cc1C(=O)Nc1ccc(F)c(C(N)=O)c1. The Balaban J connectivity index is 1.84. The van der Waals surface area contributed by atoms with E-state index in [9.17, 15) is 23.2 Å². The van der Waals surface area contributed by atoms with Crippen molar-refractivity contribution >= 4 is 29.1 Å². The molecule has 27 heavy (non-hydrogen) atoms. The molecule has 1 aliphatic carbocycles. The maximum Gasteiger partial charge on any atom is 0.257 e. The third-order valence-corrected chi connectivity index (χ3v) is 4.42. The van der Waals surface area contributed by atoms with E-state index in [1.807, 2.05) is 6.92 Å². The molecule has 0 radical (unpaired) electrons. The zero-order valence-corrected chi connectivity index (χ0v) is 14.4. The lowest BCUT2D eigenvalue weighted by Crippen LogP contribution is -2.20. The zero-order valence-electron chi connectivity index (χ0n) is 14.4. The number of nitrogens with two attached hydrogens (primary N) is 1. The minimum Gasteiger partial charge on any atom is -0.366 e. The summed E-state index contributed by atoms with van der Waals surface area (Å²) in [5.41, 5.74) is 4.87. The first-order valence-electron chi connectivity index (χ1n) is 8.27. The minimum atomic E-state index is -0.985. The first-order valence-corrected chi connectivity index (χ1v) is 8.27. The Morgan fingerprint density at radius 2 is 1.74 bits per heavy atom. The van der Waals surface area contributed by atoms with Gasteiger partial charge in [-0.3, -0.25) is 14.4 Å². The Labute approximate surface area is 153 Å². The van der Waals surface area contributed by atoms with Gasteiger partial charge in [0.2, 0.25) is 5.91 Å². The average molecular weight is 373 g/mol. The summed E-state index contributed by atoms with van der Waals surface area (Å²) >= 11 is 0. The number of nitrogens with one attached hydrogen (secondary N) is 2. The lowest BCUT2D eigenvalue weighted by molar-refractivity contribution is -0.117. The summed E-state index contributed by atoms with van der Waals surface area (Å²) in [5, 5.41) is 5.08. The fourth-order valence-corrected chi connectivity index (χ4v) is 2.72. The summed E-state index contributed by atoms with van der Waals surface area (Å²) in [4.78, 5) is 35.9. The van der Waals surface area contributed by atoms with E-state index in [1.165, 1.54) is 12.1 Å². The number of benzene rings is 2. The molecule has 0 heterocycles. The van der Waals surface area contributed by atoms with Crippen LogP contribution in [0.5, 0.6) is 0 Å². The van der Waals surface area contributed by atoms with Crippen molar-refractivity contribution in [2.24, 2.45) is 17.6 Å². The normalized spacial score (nSPS) is 17.9. The van der Waals surface area contributed by atoms with Crippen LogP contribution in [0.2, 0.25) is 0 Å². The number of halogens is 2. The van der Waals surface area contributed by atoms with Crippen molar-refractivity contribution in [2.75, 3.05) is 10.6 Å². The number of carbonyl (C=O) groups is 3. The van der Waals surface area contributed by atoms with Crippen molar-refractivity contribution in [2.45, 2.75) is 13.3 Å². The lowest BCUT2D eigenvalue weighted by atomic mass is 10.1. The van der Waals surface area contributed by atoms with Crippen molar-refractivity contribution < 1.29 is 23.2 Å². The molecule has 0 bridgehead atoms. The second kappa shape index (κ2) is 7.14. The highest BCUT2D eigenvalue weighted by molar-refractivity contribution is 6.10. The standard InChI is InChI=1S/C19H17F2N3O3/c1-9-6-12(9)18(26)24-16-5-2-10(20)7-14(16)19(27)23-11-3-4-15(21)13(8-11)17(22)25/h2-5,7-9,12H,6H2,1H3,(H2,22,25)(H,23,27)(H,24,26)/t9-,12-/m1/s1. The first kappa shape index (κ1) is 18.5. The van der Waals surface area contributed by atoms with Crippen molar-refractivity contribution in [3.8, 4) is 0 Å². The Morgan fingerprint density at radius 1 is 1.04 bits per heavy atom. The molecule has 0 aromatic heterocycles. The van der Waals surface area contributed by atoms with E-state index in [1.54, 1.807) is 0 Å². The highest BCUT2D eigenvalue weighted by Gasteiger charge is 2.39. The monoisotopic (exact) mass is 373 g/mol. The molecule has 4 N–H and O–H groups in total. The molecule has 6 nitrogen and oxygen atoms in total. The predicted octanol–water partition coefficient (Wildman–Crippen LogP) is 2.91. The van der Waals surface area contributed by atoms with E-state index in [2.05, 4.69) is 10.6 Å². The van der Waals surface area contributed by atoms with Gasteiger partial charge in [-0.25, -0.2) is 8.78 Å². The van der Waals surface area contributed by atoms with Gasteiger partial charge in [0.15, 0.2) is 0 Å². The van der Waals surface area contributed by atoms with E-state index >= 15 is 0 Å². The second-order valence-corrected chi connectivity index (χ2v) is 6.51. The largest absolute Gasteiger partial charge is 0.366 e. The molecule has 0 aliphatic heterocycles. The Bertz CT molecular complexity index is 946. The Morgan fingerprint density at radius 3 is 2.37 bits per heavy atom. The Kier molecular flexibility index (Phi) is 4.89.